The number of carbonyl (C=O) groups excluding carboxylic acids is 3. The van der Waals surface area contributed by atoms with Gasteiger partial charge < -0.3 is 29.2 Å². The molecule has 2 aromatic carbocycles. The van der Waals surface area contributed by atoms with Crippen molar-refractivity contribution in [2.75, 3.05) is 41.0 Å². The summed E-state index contributed by atoms with van der Waals surface area (Å²) in [6, 6.07) is 8.07. The number of ether oxygens (including phenoxy) is 4. The molecule has 0 aromatic heterocycles. The van der Waals surface area contributed by atoms with Crippen molar-refractivity contribution >= 4 is 41.2 Å². The molecule has 0 fully saturated rings. The van der Waals surface area contributed by atoms with Crippen molar-refractivity contribution < 1.29 is 33.3 Å². The van der Waals surface area contributed by atoms with Crippen LogP contribution in [0.4, 0.5) is 4.79 Å². The zero-order chi connectivity index (χ0) is 25.3. The molecule has 34 heavy (non-hydrogen) atoms. The van der Waals surface area contributed by atoms with Gasteiger partial charge in [-0.15, -0.1) is 0 Å². The third-order valence-corrected chi connectivity index (χ3v) is 4.95. The maximum atomic E-state index is 12.4. The van der Waals surface area contributed by atoms with Gasteiger partial charge in [-0.25, -0.2) is 4.79 Å². The Hall–Kier alpha value is -3.17. The van der Waals surface area contributed by atoms with Crippen molar-refractivity contribution in [1.29, 1.82) is 0 Å². The summed E-state index contributed by atoms with van der Waals surface area (Å²) in [5.41, 5.74) is 1.03. The van der Waals surface area contributed by atoms with Gasteiger partial charge in [-0.3, -0.25) is 9.59 Å². The Morgan fingerprint density at radius 3 is 2.29 bits per heavy atom. The van der Waals surface area contributed by atoms with Crippen molar-refractivity contribution in [2.24, 2.45) is 0 Å². The van der Waals surface area contributed by atoms with Crippen molar-refractivity contribution in [1.82, 2.24) is 10.2 Å². The molecule has 2 amide bonds. The van der Waals surface area contributed by atoms with E-state index in [2.05, 4.69) is 5.32 Å². The van der Waals surface area contributed by atoms with Crippen molar-refractivity contribution in [2.45, 2.75) is 13.3 Å². The molecule has 2 aromatic rings. The van der Waals surface area contributed by atoms with Crippen LogP contribution in [0.3, 0.4) is 0 Å². The van der Waals surface area contributed by atoms with Gasteiger partial charge in [-0.2, -0.15) is 0 Å². The minimum atomic E-state index is -0.743. The fourth-order valence-corrected chi connectivity index (χ4v) is 3.41. The first kappa shape index (κ1) is 27.1. The number of esters is 1. The highest BCUT2D eigenvalue weighted by Crippen LogP contribution is 2.38. The monoisotopic (exact) mass is 512 g/mol. The van der Waals surface area contributed by atoms with Crippen LogP contribution in [0.15, 0.2) is 30.3 Å². The maximum absolute atomic E-state index is 12.4. The second kappa shape index (κ2) is 12.9. The minimum Gasteiger partial charge on any atom is -0.496 e. The Morgan fingerprint density at radius 2 is 1.71 bits per heavy atom. The average Bonchev–Trinajstić information content (AvgIpc) is 2.79. The van der Waals surface area contributed by atoms with Gasteiger partial charge in [-0.1, -0.05) is 23.2 Å². The third kappa shape index (κ3) is 7.71. The van der Waals surface area contributed by atoms with Gasteiger partial charge in [0.25, 0.3) is 5.91 Å². The third-order valence-electron chi connectivity index (χ3n) is 4.39. The first-order valence-electron chi connectivity index (χ1n) is 10.3. The molecule has 1 N–H and O–H groups in total. The van der Waals surface area contributed by atoms with Crippen LogP contribution in [0, 0.1) is 0 Å². The average molecular weight is 513 g/mol. The van der Waals surface area contributed by atoms with E-state index in [9.17, 15) is 14.4 Å². The van der Waals surface area contributed by atoms with Crippen molar-refractivity contribution in [3.8, 4) is 17.2 Å². The van der Waals surface area contributed by atoms with Gasteiger partial charge >= 0.3 is 12.1 Å². The van der Waals surface area contributed by atoms with E-state index < -0.39 is 12.1 Å². The Labute approximate surface area is 207 Å². The van der Waals surface area contributed by atoms with Crippen LogP contribution in [0.5, 0.6) is 17.2 Å². The molecule has 0 atom stereocenters. The summed E-state index contributed by atoms with van der Waals surface area (Å²) >= 11 is 12.7. The van der Waals surface area contributed by atoms with E-state index >= 15 is 0 Å². The second-order valence-electron chi connectivity index (χ2n) is 7.10. The molecular formula is C23H26Cl2N2O7. The number of nitrogens with one attached hydrogen (secondary N) is 1. The first-order valence-corrected chi connectivity index (χ1v) is 11.0. The number of hydrogen-bond acceptors (Lipinski definition) is 7. The van der Waals surface area contributed by atoms with Gasteiger partial charge in [0.15, 0.2) is 5.75 Å². The fourth-order valence-electron chi connectivity index (χ4n) is 2.80. The minimum absolute atomic E-state index is 0.0377. The summed E-state index contributed by atoms with van der Waals surface area (Å²) in [4.78, 5) is 36.7. The summed E-state index contributed by atoms with van der Waals surface area (Å²) in [6.45, 7) is 1.66. The maximum Gasteiger partial charge on any atom is 0.407 e. The van der Waals surface area contributed by atoms with E-state index in [1.807, 2.05) is 0 Å². The van der Waals surface area contributed by atoms with Gasteiger partial charge in [0.05, 0.1) is 35.9 Å². The number of hydrogen-bond donors (Lipinski definition) is 1. The van der Waals surface area contributed by atoms with Crippen LogP contribution in [-0.4, -0.2) is 63.8 Å². The Balaban J connectivity index is 2.03. The topological polar surface area (TPSA) is 103 Å². The Bertz CT molecular complexity index is 1020. The summed E-state index contributed by atoms with van der Waals surface area (Å²) in [7, 11) is 4.74. The molecule has 2 rings (SSSR count). The molecule has 0 saturated heterocycles. The molecule has 0 aliphatic rings. The lowest BCUT2D eigenvalue weighted by atomic mass is 10.1. The van der Waals surface area contributed by atoms with E-state index in [1.165, 1.54) is 12.0 Å². The Morgan fingerprint density at radius 1 is 1.03 bits per heavy atom. The summed E-state index contributed by atoms with van der Waals surface area (Å²) in [5.74, 6) is 0.174. The molecule has 0 heterocycles. The molecule has 0 aliphatic heterocycles. The predicted octanol–water partition coefficient (Wildman–Crippen LogP) is 4.33. The van der Waals surface area contributed by atoms with Crippen LogP contribution < -0.4 is 14.8 Å². The number of benzene rings is 2. The van der Waals surface area contributed by atoms with Crippen molar-refractivity contribution in [3.63, 3.8) is 0 Å². The molecule has 0 bridgehead atoms. The molecule has 184 valence electrons. The second-order valence-corrected chi connectivity index (χ2v) is 7.91. The number of nitrogens with zero attached hydrogens (tertiary/aromatic N) is 1. The molecule has 0 saturated carbocycles. The fraction of sp³-hybridized carbons (Fsp3) is 0.348. The largest absolute Gasteiger partial charge is 0.496 e. The number of methoxy groups -OCH3 is 1. The van der Waals surface area contributed by atoms with Gasteiger partial charge in [0.2, 0.25) is 0 Å². The zero-order valence-corrected chi connectivity index (χ0v) is 20.8. The highest BCUT2D eigenvalue weighted by molar-refractivity contribution is 6.37. The predicted molar refractivity (Wildman–Crippen MR) is 127 cm³/mol. The van der Waals surface area contributed by atoms with Crippen LogP contribution in [0.1, 0.15) is 22.8 Å². The van der Waals surface area contributed by atoms with E-state index in [1.54, 1.807) is 51.4 Å². The number of carbonyl (C=O) groups is 3. The lowest BCUT2D eigenvalue weighted by Crippen LogP contribution is -2.31. The highest BCUT2D eigenvalue weighted by Gasteiger charge is 2.18. The number of amides is 2. The van der Waals surface area contributed by atoms with Gasteiger partial charge in [0.1, 0.15) is 18.0 Å². The molecular weight excluding hydrogens is 487 g/mol. The lowest BCUT2D eigenvalue weighted by molar-refractivity contribution is -0.141. The standard InChI is InChI=1S/C23H26Cl2N2O7/c1-5-32-20(28)13-26-23(30)33-9-8-14-10-17(24)21(18(25)11-14)34-15-6-7-19(31-4)16(12-15)22(29)27(2)3/h6-7,10-12H,5,8-9,13H2,1-4H3,(H,26,30). The molecule has 11 heteroatoms. The molecule has 0 radical (unpaired) electrons. The molecule has 0 aliphatic carbocycles. The molecule has 0 unspecified atom stereocenters. The summed E-state index contributed by atoms with van der Waals surface area (Å²) in [6.07, 6.45) is -0.413. The number of halogens is 2. The summed E-state index contributed by atoms with van der Waals surface area (Å²) < 4.78 is 20.9. The van der Waals surface area contributed by atoms with E-state index in [0.29, 0.717) is 29.0 Å². The lowest BCUT2D eigenvalue weighted by Gasteiger charge is -2.16. The van der Waals surface area contributed by atoms with E-state index in [0.717, 1.165) is 0 Å². The van der Waals surface area contributed by atoms with Crippen LogP contribution in [0.2, 0.25) is 10.0 Å². The normalized spacial score (nSPS) is 10.3. The molecule has 9 nitrogen and oxygen atoms in total. The quantitative estimate of drug-likeness (QED) is 0.472. The highest BCUT2D eigenvalue weighted by atomic mass is 35.5. The van der Waals surface area contributed by atoms with E-state index in [-0.39, 0.29) is 41.5 Å². The zero-order valence-electron chi connectivity index (χ0n) is 19.3. The smallest absolute Gasteiger partial charge is 0.407 e. The SMILES string of the molecule is CCOC(=O)CNC(=O)OCCc1cc(Cl)c(Oc2ccc(OC)c(C(=O)N(C)C)c2)c(Cl)c1. The van der Waals surface area contributed by atoms with Gasteiger partial charge in [0, 0.05) is 20.5 Å². The Kier molecular flexibility index (Phi) is 10.3. The van der Waals surface area contributed by atoms with Crippen LogP contribution in [0.25, 0.3) is 0 Å². The number of alkyl carbamates (subject to hydrolysis) is 1. The number of rotatable bonds is 10. The summed E-state index contributed by atoms with van der Waals surface area (Å²) in [5, 5.41) is 2.78. The van der Waals surface area contributed by atoms with Gasteiger partial charge in [-0.05, 0) is 42.8 Å². The van der Waals surface area contributed by atoms with E-state index in [4.69, 9.17) is 42.1 Å². The van der Waals surface area contributed by atoms with Crippen LogP contribution in [-0.2, 0) is 20.7 Å². The van der Waals surface area contributed by atoms with Crippen LogP contribution >= 0.6 is 23.2 Å². The molecule has 0 spiro atoms. The van der Waals surface area contributed by atoms with Crippen molar-refractivity contribution in [3.05, 3.63) is 51.5 Å². The first-order chi connectivity index (χ1) is 16.2.